The SMILES string of the molecule is Cc1cc(OCc2c(-c3ccccc3OC(F)(F)F)noc2C(C)C)ccc1-c1ccc2c(OC(=O)O)csc2c1. The highest BCUT2D eigenvalue weighted by atomic mass is 32.1. The van der Waals surface area contributed by atoms with Gasteiger partial charge in [-0.05, 0) is 60.0 Å². The van der Waals surface area contributed by atoms with Crippen LogP contribution in [0.2, 0.25) is 0 Å². The molecule has 0 saturated heterocycles. The summed E-state index contributed by atoms with van der Waals surface area (Å²) < 4.78 is 60.7. The summed E-state index contributed by atoms with van der Waals surface area (Å²) >= 11 is 1.39. The van der Waals surface area contributed by atoms with Crippen molar-refractivity contribution in [3.8, 4) is 39.6 Å². The molecule has 0 aliphatic heterocycles. The van der Waals surface area contributed by atoms with Crippen molar-refractivity contribution in [3.63, 3.8) is 0 Å². The van der Waals surface area contributed by atoms with Gasteiger partial charge in [-0.2, -0.15) is 0 Å². The minimum absolute atomic E-state index is 0.0129. The number of carbonyl (C=O) groups is 1. The minimum Gasteiger partial charge on any atom is -0.489 e. The first-order valence-corrected chi connectivity index (χ1v) is 13.4. The van der Waals surface area contributed by atoms with Gasteiger partial charge in [0.05, 0.1) is 5.56 Å². The fraction of sp³-hybridized carbons (Fsp3) is 0.200. The normalized spacial score (nSPS) is 11.7. The van der Waals surface area contributed by atoms with E-state index in [4.69, 9.17) is 19.1 Å². The molecule has 41 heavy (non-hydrogen) atoms. The summed E-state index contributed by atoms with van der Waals surface area (Å²) in [6, 6.07) is 17.1. The lowest BCUT2D eigenvalue weighted by Gasteiger charge is -2.14. The molecule has 0 fully saturated rings. The van der Waals surface area contributed by atoms with E-state index < -0.39 is 12.5 Å². The van der Waals surface area contributed by atoms with Crippen LogP contribution in [0.4, 0.5) is 18.0 Å². The van der Waals surface area contributed by atoms with Crippen molar-refractivity contribution in [3.05, 3.63) is 82.9 Å². The van der Waals surface area contributed by atoms with Crippen LogP contribution in [-0.4, -0.2) is 22.8 Å². The number of hydrogen-bond acceptors (Lipinski definition) is 7. The van der Waals surface area contributed by atoms with Crippen LogP contribution in [0.1, 0.15) is 36.7 Å². The monoisotopic (exact) mass is 583 g/mol. The Hall–Kier alpha value is -4.51. The maximum Gasteiger partial charge on any atom is 0.573 e. The topological polar surface area (TPSA) is 91.0 Å². The van der Waals surface area contributed by atoms with Gasteiger partial charge < -0.3 is 23.8 Å². The number of benzene rings is 3. The summed E-state index contributed by atoms with van der Waals surface area (Å²) in [4.78, 5) is 10.9. The van der Waals surface area contributed by atoms with Crippen molar-refractivity contribution >= 4 is 27.6 Å². The smallest absolute Gasteiger partial charge is 0.489 e. The number of aromatic nitrogens is 1. The summed E-state index contributed by atoms with van der Waals surface area (Å²) in [5, 5.41) is 15.4. The third-order valence-corrected chi connectivity index (χ3v) is 7.26. The van der Waals surface area contributed by atoms with Gasteiger partial charge in [0.2, 0.25) is 0 Å². The lowest BCUT2D eigenvalue weighted by atomic mass is 9.99. The molecule has 0 saturated carbocycles. The van der Waals surface area contributed by atoms with Crippen molar-refractivity contribution in [1.29, 1.82) is 0 Å². The average molecular weight is 584 g/mol. The molecule has 0 aliphatic carbocycles. The van der Waals surface area contributed by atoms with Gasteiger partial charge >= 0.3 is 12.5 Å². The van der Waals surface area contributed by atoms with Crippen LogP contribution in [0.5, 0.6) is 17.2 Å². The Morgan fingerprint density at radius 2 is 1.83 bits per heavy atom. The summed E-state index contributed by atoms with van der Waals surface area (Å²) in [5.41, 5.74) is 3.72. The van der Waals surface area contributed by atoms with Gasteiger partial charge in [0.1, 0.15) is 29.6 Å². The highest BCUT2D eigenvalue weighted by molar-refractivity contribution is 7.17. The van der Waals surface area contributed by atoms with E-state index in [1.165, 1.54) is 29.5 Å². The molecule has 0 amide bonds. The quantitative estimate of drug-likeness (QED) is 0.182. The molecule has 7 nitrogen and oxygen atoms in total. The standard InChI is InChI=1S/C30H24F3NO6S/c1-16(2)28-23(27(34-40-28)22-6-4-5-7-24(22)39-30(31,32)33)14-37-19-9-11-20(17(3)12-19)18-8-10-21-25(38-29(35)36)15-41-26(21)13-18/h4-13,15-16H,14H2,1-3H3,(H,35,36). The molecule has 11 heteroatoms. The number of fused-ring (bicyclic) bond motifs is 1. The second-order valence-electron chi connectivity index (χ2n) is 9.52. The maximum absolute atomic E-state index is 13.0. The minimum atomic E-state index is -4.86. The van der Waals surface area contributed by atoms with E-state index in [2.05, 4.69) is 9.89 Å². The first-order chi connectivity index (χ1) is 19.5. The Morgan fingerprint density at radius 1 is 1.05 bits per heavy atom. The summed E-state index contributed by atoms with van der Waals surface area (Å²) in [5.74, 6) is 0.886. The molecule has 0 spiro atoms. The molecule has 5 rings (SSSR count). The van der Waals surface area contributed by atoms with Crippen molar-refractivity contribution in [1.82, 2.24) is 5.16 Å². The fourth-order valence-corrected chi connectivity index (χ4v) is 5.45. The molecule has 1 N–H and O–H groups in total. The van der Waals surface area contributed by atoms with E-state index in [-0.39, 0.29) is 29.5 Å². The predicted molar refractivity (Wildman–Crippen MR) is 148 cm³/mol. The van der Waals surface area contributed by atoms with Gasteiger partial charge in [0.25, 0.3) is 0 Å². The van der Waals surface area contributed by atoms with Crippen molar-refractivity contribution in [2.24, 2.45) is 0 Å². The second kappa shape index (κ2) is 11.2. The van der Waals surface area contributed by atoms with Crippen LogP contribution < -0.4 is 14.2 Å². The molecule has 5 aromatic rings. The largest absolute Gasteiger partial charge is 0.573 e. The number of nitrogens with zero attached hydrogens (tertiary/aromatic N) is 1. The lowest BCUT2D eigenvalue weighted by molar-refractivity contribution is -0.274. The third-order valence-electron chi connectivity index (χ3n) is 6.34. The van der Waals surface area contributed by atoms with E-state index in [1.54, 1.807) is 11.4 Å². The van der Waals surface area contributed by atoms with Crippen molar-refractivity contribution < 1.29 is 41.8 Å². The van der Waals surface area contributed by atoms with Crippen molar-refractivity contribution in [2.45, 2.75) is 39.7 Å². The van der Waals surface area contributed by atoms with Gasteiger partial charge in [-0.15, -0.1) is 24.5 Å². The zero-order valence-corrected chi connectivity index (χ0v) is 22.9. The Bertz CT molecular complexity index is 1720. The van der Waals surface area contributed by atoms with Gasteiger partial charge in [-0.1, -0.05) is 43.3 Å². The predicted octanol–water partition coefficient (Wildman–Crippen LogP) is 9.19. The van der Waals surface area contributed by atoms with Crippen LogP contribution in [0.3, 0.4) is 0 Å². The number of thiophene rings is 1. The molecular formula is C30H24F3NO6S. The molecular weight excluding hydrogens is 559 g/mol. The first-order valence-electron chi connectivity index (χ1n) is 12.5. The number of carboxylic acid groups (broad SMARTS) is 1. The number of hydrogen-bond donors (Lipinski definition) is 1. The second-order valence-corrected chi connectivity index (χ2v) is 10.4. The summed E-state index contributed by atoms with van der Waals surface area (Å²) in [6.45, 7) is 5.74. The fourth-order valence-electron chi connectivity index (χ4n) is 4.55. The van der Waals surface area contributed by atoms with E-state index in [0.717, 1.165) is 21.4 Å². The van der Waals surface area contributed by atoms with Crippen LogP contribution in [-0.2, 0) is 6.61 Å². The first kappa shape index (κ1) is 28.0. The van der Waals surface area contributed by atoms with Gasteiger partial charge in [0, 0.05) is 26.9 Å². The van der Waals surface area contributed by atoms with Crippen LogP contribution in [0.15, 0.2) is 70.6 Å². The number of alkyl halides is 3. The Morgan fingerprint density at radius 3 is 2.54 bits per heavy atom. The third kappa shape index (κ3) is 6.14. The Kier molecular flexibility index (Phi) is 7.63. The number of halogens is 3. The molecule has 212 valence electrons. The molecule has 3 aromatic carbocycles. The number of para-hydroxylation sites is 1. The average Bonchev–Trinajstić information content (AvgIpc) is 3.50. The molecule has 0 unspecified atom stereocenters. The lowest BCUT2D eigenvalue weighted by Crippen LogP contribution is -2.17. The summed E-state index contributed by atoms with van der Waals surface area (Å²) in [6.07, 6.45) is -6.22. The van der Waals surface area contributed by atoms with Crippen molar-refractivity contribution in [2.75, 3.05) is 0 Å². The van der Waals surface area contributed by atoms with Gasteiger partial charge in [0.15, 0.2) is 5.75 Å². The summed E-state index contributed by atoms with van der Waals surface area (Å²) in [7, 11) is 0. The zero-order valence-electron chi connectivity index (χ0n) is 22.1. The zero-order chi connectivity index (χ0) is 29.3. The Labute approximate surface area is 236 Å². The van der Waals surface area contributed by atoms with E-state index in [9.17, 15) is 18.0 Å². The van der Waals surface area contributed by atoms with E-state index in [0.29, 0.717) is 28.2 Å². The number of rotatable bonds is 8. The highest BCUT2D eigenvalue weighted by Gasteiger charge is 2.33. The van der Waals surface area contributed by atoms with E-state index >= 15 is 0 Å². The number of aryl methyl sites for hydroxylation is 1. The molecule has 0 aliphatic rings. The number of ether oxygens (including phenoxy) is 3. The Balaban J connectivity index is 1.40. The van der Waals surface area contributed by atoms with Gasteiger partial charge in [-0.25, -0.2) is 4.79 Å². The molecule has 2 heterocycles. The van der Waals surface area contributed by atoms with Crippen LogP contribution >= 0.6 is 11.3 Å². The highest BCUT2D eigenvalue weighted by Crippen LogP contribution is 2.39. The molecule has 0 radical (unpaired) electrons. The molecule has 2 aromatic heterocycles. The van der Waals surface area contributed by atoms with Crippen LogP contribution in [0.25, 0.3) is 32.5 Å². The van der Waals surface area contributed by atoms with E-state index in [1.807, 2.05) is 57.2 Å². The molecule has 0 bridgehead atoms. The van der Waals surface area contributed by atoms with Crippen LogP contribution in [0, 0.1) is 6.92 Å². The maximum atomic E-state index is 13.0. The van der Waals surface area contributed by atoms with Gasteiger partial charge in [-0.3, -0.25) is 0 Å². The molecule has 0 atom stereocenters.